The van der Waals surface area contributed by atoms with Gasteiger partial charge in [-0.05, 0) is 45.6 Å². The molecule has 0 saturated carbocycles. The van der Waals surface area contributed by atoms with E-state index >= 15 is 0 Å². The first-order valence-electron chi connectivity index (χ1n) is 5.05. The second-order valence-electron chi connectivity index (χ2n) is 3.53. The van der Waals surface area contributed by atoms with E-state index in [2.05, 4.69) is 15.9 Å². The van der Waals surface area contributed by atoms with Gasteiger partial charge in [-0.15, -0.1) is 11.3 Å². The Kier molecular flexibility index (Phi) is 3.88. The van der Waals surface area contributed by atoms with Crippen LogP contribution >= 0.6 is 27.3 Å². The van der Waals surface area contributed by atoms with Crippen molar-refractivity contribution >= 4 is 38.9 Å². The van der Waals surface area contributed by atoms with Gasteiger partial charge in [0.15, 0.2) is 0 Å². The molecule has 4 nitrogen and oxygen atoms in total. The van der Waals surface area contributed by atoms with Gasteiger partial charge >= 0.3 is 5.97 Å². The summed E-state index contributed by atoms with van der Waals surface area (Å²) in [7, 11) is 0. The Balaban J connectivity index is 2.13. The highest BCUT2D eigenvalue weighted by Crippen LogP contribution is 2.25. The molecule has 0 saturated heterocycles. The fourth-order valence-electron chi connectivity index (χ4n) is 1.39. The molecule has 94 valence electrons. The van der Waals surface area contributed by atoms with Gasteiger partial charge in [-0.25, -0.2) is 4.79 Å². The number of nitrogen functional groups attached to an aromatic ring is 1. The van der Waals surface area contributed by atoms with E-state index in [1.165, 1.54) is 12.1 Å². The van der Waals surface area contributed by atoms with Crippen LogP contribution in [-0.2, 0) is 6.61 Å². The van der Waals surface area contributed by atoms with E-state index in [0.717, 1.165) is 9.35 Å². The van der Waals surface area contributed by atoms with Gasteiger partial charge in [-0.3, -0.25) is 0 Å². The third-order valence-electron chi connectivity index (χ3n) is 2.32. The van der Waals surface area contributed by atoms with Crippen LogP contribution in [0.4, 0.5) is 5.69 Å². The summed E-state index contributed by atoms with van der Waals surface area (Å²) < 4.78 is 6.53. The number of aromatic carboxylic acids is 1. The van der Waals surface area contributed by atoms with Crippen molar-refractivity contribution in [3.8, 4) is 5.75 Å². The van der Waals surface area contributed by atoms with Gasteiger partial charge in [-0.1, -0.05) is 0 Å². The smallest absolute Gasteiger partial charge is 0.337 e. The van der Waals surface area contributed by atoms with E-state index in [1.807, 2.05) is 11.4 Å². The van der Waals surface area contributed by atoms with Crippen LogP contribution in [0.2, 0.25) is 0 Å². The molecule has 2 rings (SSSR count). The second kappa shape index (κ2) is 5.41. The van der Waals surface area contributed by atoms with Crippen LogP contribution in [0.25, 0.3) is 0 Å². The maximum absolute atomic E-state index is 10.9. The van der Waals surface area contributed by atoms with Gasteiger partial charge in [0, 0.05) is 10.2 Å². The van der Waals surface area contributed by atoms with Gasteiger partial charge in [-0.2, -0.15) is 0 Å². The van der Waals surface area contributed by atoms with Crippen LogP contribution in [-0.4, -0.2) is 11.1 Å². The molecule has 1 aromatic carbocycles. The Hall–Kier alpha value is -1.53. The summed E-state index contributed by atoms with van der Waals surface area (Å²) in [5.41, 5.74) is 5.85. The van der Waals surface area contributed by atoms with Gasteiger partial charge in [0.2, 0.25) is 0 Å². The molecule has 0 bridgehead atoms. The number of hydrogen-bond acceptors (Lipinski definition) is 4. The summed E-state index contributed by atoms with van der Waals surface area (Å²) >= 11 is 4.97. The molecule has 18 heavy (non-hydrogen) atoms. The highest BCUT2D eigenvalue weighted by molar-refractivity contribution is 9.10. The minimum Gasteiger partial charge on any atom is -0.488 e. The lowest BCUT2D eigenvalue weighted by Gasteiger charge is -2.07. The average Bonchev–Trinajstić information content (AvgIpc) is 2.73. The van der Waals surface area contributed by atoms with Gasteiger partial charge in [0.1, 0.15) is 12.4 Å². The summed E-state index contributed by atoms with van der Waals surface area (Å²) in [6.45, 7) is 0.390. The highest BCUT2D eigenvalue weighted by atomic mass is 79.9. The van der Waals surface area contributed by atoms with Crippen LogP contribution in [0.1, 0.15) is 15.2 Å². The number of benzene rings is 1. The van der Waals surface area contributed by atoms with Crippen LogP contribution < -0.4 is 10.5 Å². The molecule has 0 aliphatic rings. The molecule has 0 aliphatic heterocycles. The summed E-state index contributed by atoms with van der Waals surface area (Å²) in [4.78, 5) is 12.0. The lowest BCUT2D eigenvalue weighted by Crippen LogP contribution is -2.03. The number of nitrogens with two attached hydrogens (primary N) is 1. The molecule has 6 heteroatoms. The zero-order valence-electron chi connectivity index (χ0n) is 9.22. The van der Waals surface area contributed by atoms with Gasteiger partial charge in [0.25, 0.3) is 0 Å². The Morgan fingerprint density at radius 2 is 2.22 bits per heavy atom. The summed E-state index contributed by atoms with van der Waals surface area (Å²) in [6.07, 6.45) is 0. The predicted octanol–water partition coefficient (Wildman–Crippen LogP) is 3.37. The molecule has 1 aromatic heterocycles. The molecule has 0 atom stereocenters. The third kappa shape index (κ3) is 2.83. The topological polar surface area (TPSA) is 72.5 Å². The van der Waals surface area contributed by atoms with Crippen molar-refractivity contribution in [2.75, 3.05) is 5.73 Å². The molecule has 0 spiro atoms. The molecule has 1 heterocycles. The quantitative estimate of drug-likeness (QED) is 0.844. The highest BCUT2D eigenvalue weighted by Gasteiger charge is 2.10. The fraction of sp³-hybridized carbons (Fsp3) is 0.0833. The fourth-order valence-corrected chi connectivity index (χ4v) is 2.77. The average molecular weight is 328 g/mol. The van der Waals surface area contributed by atoms with Crippen molar-refractivity contribution in [2.45, 2.75) is 6.61 Å². The van der Waals surface area contributed by atoms with Gasteiger partial charge < -0.3 is 15.6 Å². The summed E-state index contributed by atoms with van der Waals surface area (Å²) in [5, 5.41) is 10.9. The number of hydrogen-bond donors (Lipinski definition) is 2. The van der Waals surface area contributed by atoms with E-state index in [4.69, 9.17) is 15.6 Å². The number of thiophene rings is 1. The van der Waals surface area contributed by atoms with Crippen molar-refractivity contribution in [2.24, 2.45) is 0 Å². The first kappa shape index (κ1) is 12.9. The maximum atomic E-state index is 10.9. The van der Waals surface area contributed by atoms with Crippen molar-refractivity contribution in [1.29, 1.82) is 0 Å². The summed E-state index contributed by atoms with van der Waals surface area (Å²) in [5.74, 6) is -0.572. The minimum absolute atomic E-state index is 0.0535. The second-order valence-corrected chi connectivity index (χ2v) is 5.39. The van der Waals surface area contributed by atoms with Crippen LogP contribution in [0.5, 0.6) is 5.75 Å². The molecule has 0 unspecified atom stereocenters. The molecule has 0 amide bonds. The van der Waals surface area contributed by atoms with Gasteiger partial charge in [0.05, 0.1) is 10.4 Å². The molecule has 0 aliphatic carbocycles. The first-order chi connectivity index (χ1) is 8.58. The molecular formula is C12H10BrNO3S. The van der Waals surface area contributed by atoms with E-state index in [1.54, 1.807) is 17.4 Å². The van der Waals surface area contributed by atoms with E-state index in [9.17, 15) is 4.79 Å². The van der Waals surface area contributed by atoms with Crippen molar-refractivity contribution in [3.63, 3.8) is 0 Å². The van der Waals surface area contributed by atoms with Crippen LogP contribution in [0.3, 0.4) is 0 Å². The number of ether oxygens (including phenoxy) is 1. The molecule has 2 aromatic rings. The largest absolute Gasteiger partial charge is 0.488 e. The van der Waals surface area contributed by atoms with Crippen molar-refractivity contribution in [3.05, 3.63) is 44.6 Å². The minimum atomic E-state index is -1.06. The van der Waals surface area contributed by atoms with E-state index < -0.39 is 5.97 Å². The number of anilines is 1. The predicted molar refractivity (Wildman–Crippen MR) is 74.2 cm³/mol. The Morgan fingerprint density at radius 1 is 1.44 bits per heavy atom. The monoisotopic (exact) mass is 327 g/mol. The molecule has 3 N–H and O–H groups in total. The number of carbonyl (C=O) groups is 1. The zero-order valence-corrected chi connectivity index (χ0v) is 11.6. The maximum Gasteiger partial charge on any atom is 0.337 e. The standard InChI is InChI=1S/C12H10BrNO3S/c13-9-3-4-18-11(9)6-17-7-1-2-10(14)8(5-7)12(15)16/h1-5H,6,14H2,(H,15,16). The number of halogens is 1. The van der Waals surface area contributed by atoms with Crippen LogP contribution in [0.15, 0.2) is 34.1 Å². The molecule has 0 radical (unpaired) electrons. The number of rotatable bonds is 4. The third-order valence-corrected chi connectivity index (χ3v) is 4.22. The lowest BCUT2D eigenvalue weighted by atomic mass is 10.2. The lowest BCUT2D eigenvalue weighted by molar-refractivity contribution is 0.0697. The van der Waals surface area contributed by atoms with E-state index in [0.29, 0.717) is 12.4 Å². The zero-order chi connectivity index (χ0) is 13.1. The van der Waals surface area contributed by atoms with E-state index in [-0.39, 0.29) is 11.3 Å². The number of carboxylic acid groups (broad SMARTS) is 1. The number of carboxylic acids is 1. The van der Waals surface area contributed by atoms with Crippen LogP contribution in [0, 0.1) is 0 Å². The Morgan fingerprint density at radius 3 is 2.83 bits per heavy atom. The summed E-state index contributed by atoms with van der Waals surface area (Å²) in [6, 6.07) is 6.56. The Labute approximate surface area is 116 Å². The first-order valence-corrected chi connectivity index (χ1v) is 6.72. The SMILES string of the molecule is Nc1ccc(OCc2sccc2Br)cc1C(=O)O. The van der Waals surface area contributed by atoms with Crippen molar-refractivity contribution < 1.29 is 14.6 Å². The van der Waals surface area contributed by atoms with Crippen molar-refractivity contribution in [1.82, 2.24) is 0 Å². The molecule has 0 fully saturated rings. The Bertz CT molecular complexity index is 582. The normalized spacial score (nSPS) is 10.3. The molecular weight excluding hydrogens is 318 g/mol.